The molecule has 162 valence electrons. The molecule has 2 saturated carbocycles. The number of aliphatic hydroxyl groups is 3. The van der Waals surface area contributed by atoms with Crippen LogP contribution in [0.3, 0.4) is 0 Å². The van der Waals surface area contributed by atoms with Crippen LogP contribution in [0.1, 0.15) is 72.6 Å². The van der Waals surface area contributed by atoms with Crippen LogP contribution in [0, 0.1) is 22.7 Å². The van der Waals surface area contributed by atoms with Crippen molar-refractivity contribution in [2.24, 2.45) is 22.7 Å². The summed E-state index contributed by atoms with van der Waals surface area (Å²) in [5.41, 5.74) is -1.81. The highest BCUT2D eigenvalue weighted by Gasteiger charge is 2.68. The number of fused-ring (bicyclic) bond motifs is 2. The zero-order chi connectivity index (χ0) is 20.8. The van der Waals surface area contributed by atoms with Gasteiger partial charge in [-0.3, -0.25) is 4.79 Å². The van der Waals surface area contributed by atoms with Crippen molar-refractivity contribution in [2.75, 3.05) is 19.8 Å². The molecule has 0 bridgehead atoms. The second-order valence-corrected chi connectivity index (χ2v) is 10.1. The SMILES string of the molecule is CC(=O)OCC[C@]1(CO)CC[C@@]2(O1)[C@H](C)CC[C@H]1[C@](C)(CO)[C@@H](O)CC[C@@]12C. The molecule has 1 aliphatic heterocycles. The van der Waals surface area contributed by atoms with Crippen LogP contribution in [-0.4, -0.2) is 58.4 Å². The first-order chi connectivity index (χ1) is 13.1. The van der Waals surface area contributed by atoms with Crippen molar-refractivity contribution in [3.05, 3.63) is 0 Å². The number of ether oxygens (including phenoxy) is 2. The Bertz CT molecular complexity index is 596. The van der Waals surface area contributed by atoms with Gasteiger partial charge in [-0.25, -0.2) is 0 Å². The minimum absolute atomic E-state index is 0.0313. The van der Waals surface area contributed by atoms with E-state index in [0.717, 1.165) is 32.1 Å². The number of aliphatic hydroxyl groups excluding tert-OH is 3. The summed E-state index contributed by atoms with van der Waals surface area (Å²) in [6.45, 7) is 8.03. The second kappa shape index (κ2) is 7.53. The molecular formula is C22H38O6. The minimum Gasteiger partial charge on any atom is -0.466 e. The molecule has 0 aromatic rings. The van der Waals surface area contributed by atoms with Crippen molar-refractivity contribution in [2.45, 2.75) is 89.9 Å². The van der Waals surface area contributed by atoms with Gasteiger partial charge in [-0.2, -0.15) is 0 Å². The minimum atomic E-state index is -0.694. The number of hydrogen-bond donors (Lipinski definition) is 3. The van der Waals surface area contributed by atoms with E-state index in [9.17, 15) is 20.1 Å². The third-order valence-electron chi connectivity index (χ3n) is 8.76. The highest BCUT2D eigenvalue weighted by Crippen LogP contribution is 2.67. The summed E-state index contributed by atoms with van der Waals surface area (Å²) in [5.74, 6) is 0.167. The van der Waals surface area contributed by atoms with Gasteiger partial charge < -0.3 is 24.8 Å². The van der Waals surface area contributed by atoms with Gasteiger partial charge in [0.15, 0.2) is 0 Å². The predicted octanol–water partition coefficient (Wildman–Crippen LogP) is 2.43. The highest BCUT2D eigenvalue weighted by molar-refractivity contribution is 5.65. The Hall–Kier alpha value is -0.690. The first kappa shape index (κ1) is 22.0. The van der Waals surface area contributed by atoms with E-state index in [-0.39, 0.29) is 37.1 Å². The molecule has 0 unspecified atom stereocenters. The van der Waals surface area contributed by atoms with Crippen molar-refractivity contribution in [1.82, 2.24) is 0 Å². The number of esters is 1. The van der Waals surface area contributed by atoms with Gasteiger partial charge in [0.05, 0.1) is 37.1 Å². The molecule has 1 heterocycles. The third kappa shape index (κ3) is 3.11. The average molecular weight is 399 g/mol. The molecule has 1 spiro atoms. The summed E-state index contributed by atoms with van der Waals surface area (Å²) >= 11 is 0. The van der Waals surface area contributed by atoms with Gasteiger partial charge in [-0.05, 0) is 50.4 Å². The number of carbonyl (C=O) groups is 1. The fourth-order valence-electron chi connectivity index (χ4n) is 6.88. The Morgan fingerprint density at radius 1 is 1.11 bits per heavy atom. The van der Waals surface area contributed by atoms with Crippen LogP contribution >= 0.6 is 0 Å². The topological polar surface area (TPSA) is 96.2 Å². The standard InChI is InChI=1S/C22H38O6/c1-15-5-6-17-19(3,13-23)18(26)7-8-20(17,4)22(15)10-9-21(14-24,28-22)11-12-27-16(2)25/h15,17-18,23-24,26H,5-14H2,1-4H3/t15-,17+,18+,19+,20+,21+,22-/m1/s1. The number of hydrogen-bond acceptors (Lipinski definition) is 6. The van der Waals surface area contributed by atoms with E-state index in [1.54, 1.807) is 0 Å². The zero-order valence-electron chi connectivity index (χ0n) is 17.9. The van der Waals surface area contributed by atoms with Gasteiger partial charge in [0.25, 0.3) is 0 Å². The van der Waals surface area contributed by atoms with E-state index in [4.69, 9.17) is 9.47 Å². The Balaban J connectivity index is 1.92. The lowest BCUT2D eigenvalue weighted by Crippen LogP contribution is -2.66. The van der Waals surface area contributed by atoms with Gasteiger partial charge >= 0.3 is 5.97 Å². The molecule has 0 amide bonds. The smallest absolute Gasteiger partial charge is 0.302 e. The summed E-state index contributed by atoms with van der Waals surface area (Å²) in [4.78, 5) is 11.2. The molecule has 2 aliphatic carbocycles. The van der Waals surface area contributed by atoms with Crippen LogP contribution in [0.15, 0.2) is 0 Å². The largest absolute Gasteiger partial charge is 0.466 e. The summed E-state index contributed by atoms with van der Waals surface area (Å²) in [6, 6.07) is 0. The lowest BCUT2D eigenvalue weighted by Gasteiger charge is -2.65. The van der Waals surface area contributed by atoms with Gasteiger partial charge in [-0.15, -0.1) is 0 Å². The molecule has 28 heavy (non-hydrogen) atoms. The first-order valence-electron chi connectivity index (χ1n) is 10.8. The fraction of sp³-hybridized carbons (Fsp3) is 0.955. The van der Waals surface area contributed by atoms with Crippen LogP contribution < -0.4 is 0 Å². The van der Waals surface area contributed by atoms with Crippen molar-refractivity contribution in [1.29, 1.82) is 0 Å². The normalized spacial score (nSPS) is 48.5. The maximum absolute atomic E-state index is 11.2. The summed E-state index contributed by atoms with van der Waals surface area (Å²) in [6.07, 6.45) is 5.01. The zero-order valence-corrected chi connectivity index (χ0v) is 17.9. The van der Waals surface area contributed by atoms with Crippen molar-refractivity contribution < 1.29 is 29.6 Å². The molecule has 3 rings (SSSR count). The van der Waals surface area contributed by atoms with E-state index in [1.165, 1.54) is 6.92 Å². The molecule has 7 atom stereocenters. The van der Waals surface area contributed by atoms with Gasteiger partial charge in [-0.1, -0.05) is 20.8 Å². The molecule has 0 radical (unpaired) electrons. The predicted molar refractivity (Wildman–Crippen MR) is 105 cm³/mol. The average Bonchev–Trinajstić information content (AvgIpc) is 3.05. The monoisotopic (exact) mass is 398 g/mol. The molecule has 1 saturated heterocycles. The summed E-state index contributed by atoms with van der Waals surface area (Å²) in [5, 5.41) is 31.1. The summed E-state index contributed by atoms with van der Waals surface area (Å²) < 4.78 is 12.0. The first-order valence-corrected chi connectivity index (χ1v) is 10.8. The molecule has 6 nitrogen and oxygen atoms in total. The van der Waals surface area contributed by atoms with Crippen LogP contribution in [0.5, 0.6) is 0 Å². The second-order valence-electron chi connectivity index (χ2n) is 10.1. The van der Waals surface area contributed by atoms with E-state index in [1.807, 2.05) is 6.92 Å². The van der Waals surface area contributed by atoms with Crippen molar-refractivity contribution >= 4 is 5.97 Å². The molecule has 3 aliphatic rings. The maximum Gasteiger partial charge on any atom is 0.302 e. The van der Waals surface area contributed by atoms with E-state index < -0.39 is 22.7 Å². The molecule has 0 aromatic heterocycles. The highest BCUT2D eigenvalue weighted by atomic mass is 16.6. The third-order valence-corrected chi connectivity index (χ3v) is 8.76. The summed E-state index contributed by atoms with van der Waals surface area (Å²) in [7, 11) is 0. The lowest BCUT2D eigenvalue weighted by atomic mass is 9.43. The quantitative estimate of drug-likeness (QED) is 0.616. The molecular weight excluding hydrogens is 360 g/mol. The van der Waals surface area contributed by atoms with Gasteiger partial charge in [0, 0.05) is 24.2 Å². The van der Waals surface area contributed by atoms with E-state index in [0.29, 0.717) is 18.8 Å². The molecule has 0 aromatic carbocycles. The number of rotatable bonds is 5. The van der Waals surface area contributed by atoms with Crippen LogP contribution in [-0.2, 0) is 14.3 Å². The molecule has 6 heteroatoms. The Kier molecular flexibility index (Phi) is 5.92. The Labute approximate surface area is 168 Å². The lowest BCUT2D eigenvalue weighted by molar-refractivity contribution is -0.272. The fourth-order valence-corrected chi connectivity index (χ4v) is 6.88. The van der Waals surface area contributed by atoms with E-state index >= 15 is 0 Å². The van der Waals surface area contributed by atoms with Gasteiger partial charge in [0.2, 0.25) is 0 Å². The van der Waals surface area contributed by atoms with Crippen molar-refractivity contribution in [3.63, 3.8) is 0 Å². The molecule has 3 fully saturated rings. The van der Waals surface area contributed by atoms with Crippen molar-refractivity contribution in [3.8, 4) is 0 Å². The van der Waals surface area contributed by atoms with E-state index in [2.05, 4.69) is 13.8 Å². The van der Waals surface area contributed by atoms with Gasteiger partial charge in [0.1, 0.15) is 0 Å². The van der Waals surface area contributed by atoms with Crippen LogP contribution in [0.4, 0.5) is 0 Å². The van der Waals surface area contributed by atoms with Crippen LogP contribution in [0.2, 0.25) is 0 Å². The molecule has 3 N–H and O–H groups in total. The Morgan fingerprint density at radius 3 is 2.43 bits per heavy atom. The van der Waals surface area contributed by atoms with Crippen LogP contribution in [0.25, 0.3) is 0 Å². The Morgan fingerprint density at radius 2 is 1.82 bits per heavy atom. The maximum atomic E-state index is 11.2. The number of carbonyl (C=O) groups excluding carboxylic acids is 1.